The fraction of sp³-hybridized carbons (Fsp3) is 0.0435. The molecule has 0 spiro atoms. The summed E-state index contributed by atoms with van der Waals surface area (Å²) in [6.45, 7) is 2.12. The number of aromatic nitrogens is 6. The number of aromatic amines is 2. The first kappa shape index (κ1) is 17.8. The smallest absolute Gasteiger partial charge is 0.155 e. The lowest BCUT2D eigenvalue weighted by Crippen LogP contribution is -1.88. The number of rotatable bonds is 3. The molecular weight excluding hydrogens is 406 g/mol. The molecule has 7 nitrogen and oxygen atoms in total. The molecule has 150 valence electrons. The van der Waals surface area contributed by atoms with Gasteiger partial charge in [-0.15, -0.1) is 11.3 Å². The van der Waals surface area contributed by atoms with Crippen LogP contribution in [0.4, 0.5) is 5.69 Å². The SMILES string of the molecule is Cc1ccc(-c2ccnc3[nH]c(-c4n[nH]c5ncc(-c6cncc(N)c6)cc45)cc23)s1. The van der Waals surface area contributed by atoms with Crippen LogP contribution in [0.3, 0.4) is 0 Å². The van der Waals surface area contributed by atoms with Gasteiger partial charge in [-0.25, -0.2) is 9.97 Å². The van der Waals surface area contributed by atoms with Gasteiger partial charge in [-0.2, -0.15) is 5.10 Å². The summed E-state index contributed by atoms with van der Waals surface area (Å²) < 4.78 is 0. The molecule has 0 aliphatic carbocycles. The fourth-order valence-corrected chi connectivity index (χ4v) is 4.74. The van der Waals surface area contributed by atoms with Crippen molar-refractivity contribution in [3.8, 4) is 33.0 Å². The highest BCUT2D eigenvalue weighted by molar-refractivity contribution is 7.15. The lowest BCUT2D eigenvalue weighted by Gasteiger charge is -2.02. The molecule has 4 N–H and O–H groups in total. The molecule has 0 saturated carbocycles. The van der Waals surface area contributed by atoms with Crippen LogP contribution in [0.5, 0.6) is 0 Å². The summed E-state index contributed by atoms with van der Waals surface area (Å²) >= 11 is 1.78. The third-order valence-corrected chi connectivity index (χ3v) is 6.34. The topological polar surface area (TPSA) is 109 Å². The highest BCUT2D eigenvalue weighted by Crippen LogP contribution is 2.36. The van der Waals surface area contributed by atoms with E-state index in [2.05, 4.69) is 67.4 Å². The Hall–Kier alpha value is -4.04. The summed E-state index contributed by atoms with van der Waals surface area (Å²) in [5.74, 6) is 0. The molecule has 6 rings (SSSR count). The van der Waals surface area contributed by atoms with Crippen molar-refractivity contribution in [2.24, 2.45) is 0 Å². The van der Waals surface area contributed by atoms with Crippen LogP contribution in [0.25, 0.3) is 55.0 Å². The van der Waals surface area contributed by atoms with Gasteiger partial charge in [-0.3, -0.25) is 10.1 Å². The minimum atomic E-state index is 0.614. The normalized spacial score (nSPS) is 11.5. The Bertz CT molecular complexity index is 1570. The van der Waals surface area contributed by atoms with Crippen molar-refractivity contribution in [2.75, 3.05) is 5.73 Å². The maximum absolute atomic E-state index is 5.90. The van der Waals surface area contributed by atoms with E-state index in [1.54, 1.807) is 29.9 Å². The van der Waals surface area contributed by atoms with Crippen LogP contribution in [0.15, 0.2) is 61.2 Å². The van der Waals surface area contributed by atoms with Gasteiger partial charge in [0.2, 0.25) is 0 Å². The number of hydrogen-bond donors (Lipinski definition) is 3. The maximum atomic E-state index is 5.90. The highest BCUT2D eigenvalue weighted by Gasteiger charge is 2.16. The number of nitrogens with two attached hydrogens (primary N) is 1. The van der Waals surface area contributed by atoms with Crippen LogP contribution in [-0.4, -0.2) is 30.1 Å². The molecular formula is C23H17N7S. The van der Waals surface area contributed by atoms with Crippen molar-refractivity contribution in [2.45, 2.75) is 6.92 Å². The zero-order valence-corrected chi connectivity index (χ0v) is 17.4. The molecule has 0 saturated heterocycles. The van der Waals surface area contributed by atoms with Crippen molar-refractivity contribution in [1.29, 1.82) is 0 Å². The Morgan fingerprint density at radius 1 is 0.903 bits per heavy atom. The Labute approximate surface area is 181 Å². The van der Waals surface area contributed by atoms with E-state index >= 15 is 0 Å². The van der Waals surface area contributed by atoms with Gasteiger partial charge in [-0.1, -0.05) is 0 Å². The zero-order chi connectivity index (χ0) is 20.9. The number of hydrogen-bond acceptors (Lipinski definition) is 6. The molecule has 0 atom stereocenters. The van der Waals surface area contributed by atoms with Crippen LogP contribution < -0.4 is 5.73 Å². The molecule has 0 aliphatic rings. The molecule has 0 bridgehead atoms. The van der Waals surface area contributed by atoms with Crippen molar-refractivity contribution < 1.29 is 0 Å². The molecule has 0 radical (unpaired) electrons. The second-order valence-corrected chi connectivity index (χ2v) is 8.70. The van der Waals surface area contributed by atoms with E-state index in [0.29, 0.717) is 5.69 Å². The molecule has 6 aromatic rings. The molecule has 6 aromatic heterocycles. The van der Waals surface area contributed by atoms with Gasteiger partial charge in [0, 0.05) is 62.0 Å². The largest absolute Gasteiger partial charge is 0.397 e. The monoisotopic (exact) mass is 423 g/mol. The van der Waals surface area contributed by atoms with Gasteiger partial charge < -0.3 is 10.7 Å². The van der Waals surface area contributed by atoms with E-state index in [9.17, 15) is 0 Å². The summed E-state index contributed by atoms with van der Waals surface area (Å²) in [4.78, 5) is 19.2. The summed E-state index contributed by atoms with van der Waals surface area (Å²) in [5, 5.41) is 9.55. The van der Waals surface area contributed by atoms with Gasteiger partial charge in [0.25, 0.3) is 0 Å². The number of nitrogen functional groups attached to an aromatic ring is 1. The van der Waals surface area contributed by atoms with Gasteiger partial charge in [0.15, 0.2) is 5.65 Å². The quantitative estimate of drug-likeness (QED) is 0.363. The van der Waals surface area contributed by atoms with Crippen molar-refractivity contribution in [3.05, 3.63) is 66.1 Å². The highest BCUT2D eigenvalue weighted by atomic mass is 32.1. The van der Waals surface area contributed by atoms with Crippen LogP contribution in [0.1, 0.15) is 4.88 Å². The standard InChI is InChI=1S/C23H17N7S/c1-12-2-3-20(31-12)16-4-5-26-22-17(16)8-19(28-22)21-18-7-14(10-27-23(18)30-29-21)13-6-15(24)11-25-9-13/h2-11H,24H2,1H3,(H,26,28)(H,27,29,30). The summed E-state index contributed by atoms with van der Waals surface area (Å²) in [5.41, 5.74) is 12.8. The summed E-state index contributed by atoms with van der Waals surface area (Å²) in [6.07, 6.45) is 7.04. The lowest BCUT2D eigenvalue weighted by molar-refractivity contribution is 1.10. The predicted octanol–water partition coefficient (Wildman–Crippen LogP) is 5.18. The minimum Gasteiger partial charge on any atom is -0.397 e. The summed E-state index contributed by atoms with van der Waals surface area (Å²) in [7, 11) is 0. The number of H-pyrrole nitrogens is 2. The van der Waals surface area contributed by atoms with Crippen molar-refractivity contribution in [1.82, 2.24) is 30.1 Å². The van der Waals surface area contributed by atoms with Gasteiger partial charge in [0.05, 0.1) is 11.4 Å². The van der Waals surface area contributed by atoms with E-state index in [1.165, 1.54) is 9.75 Å². The van der Waals surface area contributed by atoms with Crippen LogP contribution >= 0.6 is 11.3 Å². The lowest BCUT2D eigenvalue weighted by atomic mass is 10.1. The van der Waals surface area contributed by atoms with Gasteiger partial charge >= 0.3 is 0 Å². The molecule has 0 fully saturated rings. The predicted molar refractivity (Wildman–Crippen MR) is 125 cm³/mol. The van der Waals surface area contributed by atoms with E-state index in [-0.39, 0.29) is 0 Å². The number of anilines is 1. The Balaban J connectivity index is 1.51. The van der Waals surface area contributed by atoms with E-state index in [1.807, 2.05) is 12.3 Å². The Kier molecular flexibility index (Phi) is 3.87. The van der Waals surface area contributed by atoms with Crippen LogP contribution in [0.2, 0.25) is 0 Å². The van der Waals surface area contributed by atoms with Gasteiger partial charge in [-0.05, 0) is 43.3 Å². The number of pyridine rings is 3. The van der Waals surface area contributed by atoms with Crippen LogP contribution in [-0.2, 0) is 0 Å². The number of nitrogens with one attached hydrogen (secondary N) is 2. The number of fused-ring (bicyclic) bond motifs is 2. The molecule has 0 unspecified atom stereocenters. The molecule has 8 heteroatoms. The second kappa shape index (κ2) is 6.75. The Morgan fingerprint density at radius 3 is 2.65 bits per heavy atom. The number of thiophene rings is 1. The van der Waals surface area contributed by atoms with E-state index in [4.69, 9.17) is 5.73 Å². The molecule has 0 amide bonds. The average Bonchev–Trinajstić information content (AvgIpc) is 3.50. The van der Waals surface area contributed by atoms with Crippen molar-refractivity contribution >= 4 is 39.1 Å². The molecule has 6 heterocycles. The number of nitrogens with zero attached hydrogens (tertiary/aromatic N) is 4. The Morgan fingerprint density at radius 2 is 1.81 bits per heavy atom. The maximum Gasteiger partial charge on any atom is 0.155 e. The third-order valence-electron chi connectivity index (χ3n) is 5.30. The minimum absolute atomic E-state index is 0.614. The average molecular weight is 424 g/mol. The van der Waals surface area contributed by atoms with Crippen LogP contribution in [0, 0.1) is 6.92 Å². The van der Waals surface area contributed by atoms with Gasteiger partial charge in [0.1, 0.15) is 11.3 Å². The zero-order valence-electron chi connectivity index (χ0n) is 16.5. The van der Waals surface area contributed by atoms with E-state index in [0.717, 1.165) is 50.1 Å². The first-order valence-corrected chi connectivity index (χ1v) is 10.6. The summed E-state index contributed by atoms with van der Waals surface area (Å²) in [6, 6.07) is 12.4. The molecule has 0 aliphatic heterocycles. The second-order valence-electron chi connectivity index (χ2n) is 7.41. The first-order valence-electron chi connectivity index (χ1n) is 9.75. The molecule has 31 heavy (non-hydrogen) atoms. The molecule has 0 aromatic carbocycles. The van der Waals surface area contributed by atoms with Crippen molar-refractivity contribution in [3.63, 3.8) is 0 Å². The fourth-order valence-electron chi connectivity index (χ4n) is 3.83. The number of aryl methyl sites for hydroxylation is 1. The first-order chi connectivity index (χ1) is 15.2. The van der Waals surface area contributed by atoms with E-state index < -0.39 is 0 Å². The third kappa shape index (κ3) is 2.96.